The van der Waals surface area contributed by atoms with Gasteiger partial charge in [-0.05, 0) is 24.6 Å². The number of hydrogen-bond donors (Lipinski definition) is 1. The molecule has 0 atom stereocenters. The second-order valence-electron chi connectivity index (χ2n) is 4.19. The minimum Gasteiger partial charge on any atom is -0.310 e. The fourth-order valence-corrected chi connectivity index (χ4v) is 1.79. The van der Waals surface area contributed by atoms with E-state index in [1.807, 2.05) is 12.3 Å². The van der Waals surface area contributed by atoms with E-state index in [0.717, 1.165) is 36.6 Å². The number of nitrogens with zero attached hydrogens (tertiary/aromatic N) is 2. The molecule has 94 valence electrons. The fourth-order valence-electron chi connectivity index (χ4n) is 1.79. The van der Waals surface area contributed by atoms with Crippen LogP contribution in [0, 0.1) is 0 Å². The van der Waals surface area contributed by atoms with Crippen molar-refractivity contribution in [1.82, 2.24) is 15.3 Å². The zero-order chi connectivity index (χ0) is 12.8. The third kappa shape index (κ3) is 3.14. The van der Waals surface area contributed by atoms with Crippen LogP contribution in [0.3, 0.4) is 0 Å². The van der Waals surface area contributed by atoms with Crippen molar-refractivity contribution in [3.8, 4) is 11.3 Å². The van der Waals surface area contributed by atoms with Crippen molar-refractivity contribution in [2.24, 2.45) is 0 Å². The molecule has 0 unspecified atom stereocenters. The Kier molecular flexibility index (Phi) is 4.42. The smallest absolute Gasteiger partial charge is 0.142 e. The van der Waals surface area contributed by atoms with Crippen LogP contribution in [-0.4, -0.2) is 16.5 Å². The molecule has 0 radical (unpaired) electrons. The minimum absolute atomic E-state index is 0.720. The lowest BCUT2D eigenvalue weighted by Gasteiger charge is -2.05. The van der Waals surface area contributed by atoms with Crippen LogP contribution >= 0.6 is 0 Å². The molecule has 0 aliphatic carbocycles. The number of aromatic nitrogens is 2. The predicted octanol–water partition coefficient (Wildman–Crippen LogP) is 2.82. The van der Waals surface area contributed by atoms with E-state index in [2.05, 4.69) is 53.4 Å². The molecule has 1 N–H and O–H groups in total. The molecule has 3 heteroatoms. The molecule has 2 rings (SSSR count). The van der Waals surface area contributed by atoms with E-state index < -0.39 is 0 Å². The van der Waals surface area contributed by atoms with E-state index in [9.17, 15) is 0 Å². The van der Waals surface area contributed by atoms with E-state index in [0.29, 0.717) is 0 Å². The summed E-state index contributed by atoms with van der Waals surface area (Å²) < 4.78 is 0. The lowest BCUT2D eigenvalue weighted by Crippen LogP contribution is -2.14. The summed E-state index contributed by atoms with van der Waals surface area (Å²) in [6.45, 7) is 5.89. The quantitative estimate of drug-likeness (QED) is 0.874. The second-order valence-corrected chi connectivity index (χ2v) is 4.19. The van der Waals surface area contributed by atoms with Gasteiger partial charge in [0, 0.05) is 11.8 Å². The Morgan fingerprint density at radius 2 is 1.83 bits per heavy atom. The molecule has 2 aromatic rings. The maximum absolute atomic E-state index is 4.56. The van der Waals surface area contributed by atoms with Crippen molar-refractivity contribution < 1.29 is 0 Å². The molecule has 1 aromatic carbocycles. The van der Waals surface area contributed by atoms with Gasteiger partial charge in [-0.15, -0.1) is 0 Å². The summed E-state index contributed by atoms with van der Waals surface area (Å²) in [5, 5.41) is 3.24. The lowest BCUT2D eigenvalue weighted by atomic mass is 10.1. The predicted molar refractivity (Wildman–Crippen MR) is 74.2 cm³/mol. The van der Waals surface area contributed by atoms with Crippen LogP contribution in [0.5, 0.6) is 0 Å². The van der Waals surface area contributed by atoms with Crippen molar-refractivity contribution in [1.29, 1.82) is 0 Å². The van der Waals surface area contributed by atoms with E-state index in [1.54, 1.807) is 0 Å². The molecule has 0 fully saturated rings. The maximum Gasteiger partial charge on any atom is 0.142 e. The highest BCUT2D eigenvalue weighted by atomic mass is 15.0. The number of aryl methyl sites for hydroxylation is 1. The molecule has 0 amide bonds. The van der Waals surface area contributed by atoms with Crippen LogP contribution in [0.1, 0.15) is 25.2 Å². The van der Waals surface area contributed by atoms with Gasteiger partial charge in [-0.2, -0.15) is 0 Å². The van der Waals surface area contributed by atoms with E-state index in [-0.39, 0.29) is 0 Å². The minimum atomic E-state index is 0.720. The Bertz CT molecular complexity index is 491. The summed E-state index contributed by atoms with van der Waals surface area (Å²) in [7, 11) is 0. The Morgan fingerprint density at radius 3 is 2.50 bits per heavy atom. The van der Waals surface area contributed by atoms with Crippen LogP contribution < -0.4 is 5.32 Å². The van der Waals surface area contributed by atoms with Gasteiger partial charge in [0.25, 0.3) is 0 Å². The zero-order valence-electron chi connectivity index (χ0n) is 11.0. The van der Waals surface area contributed by atoms with Crippen LogP contribution in [0.15, 0.2) is 36.5 Å². The van der Waals surface area contributed by atoms with E-state index in [4.69, 9.17) is 0 Å². The number of hydrogen-bond acceptors (Lipinski definition) is 3. The third-order valence-corrected chi connectivity index (χ3v) is 2.90. The van der Waals surface area contributed by atoms with Crippen molar-refractivity contribution in [3.63, 3.8) is 0 Å². The summed E-state index contributed by atoms with van der Waals surface area (Å²) in [5.74, 6) is 0.842. The summed E-state index contributed by atoms with van der Waals surface area (Å²) in [4.78, 5) is 8.82. The first kappa shape index (κ1) is 12.7. The number of rotatable bonds is 5. The largest absolute Gasteiger partial charge is 0.310 e. The van der Waals surface area contributed by atoms with Gasteiger partial charge in [-0.3, -0.25) is 0 Å². The summed E-state index contributed by atoms with van der Waals surface area (Å²) in [5.41, 5.74) is 3.48. The first-order valence-corrected chi connectivity index (χ1v) is 6.45. The summed E-state index contributed by atoms with van der Waals surface area (Å²) in [6.07, 6.45) is 2.89. The van der Waals surface area contributed by atoms with Gasteiger partial charge in [0.1, 0.15) is 5.82 Å². The van der Waals surface area contributed by atoms with Crippen LogP contribution in [-0.2, 0) is 13.0 Å². The van der Waals surface area contributed by atoms with Gasteiger partial charge in [0.05, 0.1) is 12.2 Å². The molecule has 0 aliphatic heterocycles. The fraction of sp³-hybridized carbons (Fsp3) is 0.333. The average molecular weight is 241 g/mol. The van der Waals surface area contributed by atoms with Gasteiger partial charge in [0.2, 0.25) is 0 Å². The van der Waals surface area contributed by atoms with Crippen LogP contribution in [0.4, 0.5) is 0 Å². The molecule has 0 spiro atoms. The molecule has 0 saturated carbocycles. The monoisotopic (exact) mass is 241 g/mol. The van der Waals surface area contributed by atoms with Gasteiger partial charge in [0.15, 0.2) is 0 Å². The highest BCUT2D eigenvalue weighted by Crippen LogP contribution is 2.17. The highest BCUT2D eigenvalue weighted by molar-refractivity contribution is 5.58. The SMILES string of the molecule is CCNCc1nccc(-c2ccc(CC)cc2)n1. The van der Waals surface area contributed by atoms with Gasteiger partial charge < -0.3 is 5.32 Å². The van der Waals surface area contributed by atoms with Crippen molar-refractivity contribution in [2.75, 3.05) is 6.54 Å². The highest BCUT2D eigenvalue weighted by Gasteiger charge is 2.01. The Hall–Kier alpha value is -1.74. The normalized spacial score (nSPS) is 10.6. The first-order chi connectivity index (χ1) is 8.83. The molecule has 0 aliphatic rings. The number of nitrogens with one attached hydrogen (secondary N) is 1. The van der Waals surface area contributed by atoms with E-state index >= 15 is 0 Å². The molecule has 0 saturated heterocycles. The number of benzene rings is 1. The summed E-state index contributed by atoms with van der Waals surface area (Å²) >= 11 is 0. The molecule has 3 nitrogen and oxygen atoms in total. The molecular formula is C15H19N3. The standard InChI is InChI=1S/C15H19N3/c1-3-12-5-7-13(8-6-12)14-9-10-17-15(18-14)11-16-4-2/h5-10,16H,3-4,11H2,1-2H3. The van der Waals surface area contributed by atoms with E-state index in [1.165, 1.54) is 5.56 Å². The Morgan fingerprint density at radius 1 is 1.06 bits per heavy atom. The first-order valence-electron chi connectivity index (χ1n) is 6.45. The Balaban J connectivity index is 2.20. The molecule has 0 bridgehead atoms. The third-order valence-electron chi connectivity index (χ3n) is 2.90. The van der Waals surface area contributed by atoms with Crippen molar-refractivity contribution in [3.05, 3.63) is 47.9 Å². The summed E-state index contributed by atoms with van der Waals surface area (Å²) in [6, 6.07) is 10.5. The van der Waals surface area contributed by atoms with Crippen LogP contribution in [0.25, 0.3) is 11.3 Å². The topological polar surface area (TPSA) is 37.8 Å². The lowest BCUT2D eigenvalue weighted by molar-refractivity contribution is 0.691. The zero-order valence-corrected chi connectivity index (χ0v) is 11.0. The Labute approximate surface area is 108 Å². The average Bonchev–Trinajstić information content (AvgIpc) is 2.45. The maximum atomic E-state index is 4.56. The van der Waals surface area contributed by atoms with Crippen molar-refractivity contribution in [2.45, 2.75) is 26.8 Å². The van der Waals surface area contributed by atoms with Crippen LogP contribution in [0.2, 0.25) is 0 Å². The molecule has 18 heavy (non-hydrogen) atoms. The van der Waals surface area contributed by atoms with Gasteiger partial charge in [-0.1, -0.05) is 38.1 Å². The van der Waals surface area contributed by atoms with Gasteiger partial charge in [-0.25, -0.2) is 9.97 Å². The molecule has 1 aromatic heterocycles. The molecule has 1 heterocycles. The van der Waals surface area contributed by atoms with Gasteiger partial charge >= 0.3 is 0 Å². The molecular weight excluding hydrogens is 222 g/mol. The van der Waals surface area contributed by atoms with Crippen molar-refractivity contribution >= 4 is 0 Å². The second kappa shape index (κ2) is 6.26.